The Bertz CT molecular complexity index is 462. The zero-order chi connectivity index (χ0) is 13.0. The van der Waals surface area contributed by atoms with E-state index in [-0.39, 0.29) is 6.04 Å². The fourth-order valence-corrected chi connectivity index (χ4v) is 2.57. The van der Waals surface area contributed by atoms with Crippen molar-refractivity contribution in [2.45, 2.75) is 32.7 Å². The van der Waals surface area contributed by atoms with Crippen molar-refractivity contribution in [1.82, 2.24) is 14.9 Å². The molecule has 0 fully saturated rings. The first kappa shape index (κ1) is 13.2. The Labute approximate surface area is 112 Å². The minimum Gasteiger partial charge on any atom is -0.306 e. The molecule has 18 heavy (non-hydrogen) atoms. The van der Waals surface area contributed by atoms with Crippen LogP contribution in [0, 0.1) is 0 Å². The normalized spacial score (nSPS) is 12.9. The highest BCUT2D eigenvalue weighted by Crippen LogP contribution is 2.25. The standard InChI is InChI=1S/C14H19N3S/c1-4-15-14(13-9-16-17-18-13)12-7-5-11(6-8-12)10(2)3/h5-10,14-15H,4H2,1-3H3. The van der Waals surface area contributed by atoms with Crippen LogP contribution in [0.1, 0.15) is 48.7 Å². The molecule has 0 aliphatic heterocycles. The second-order valence-corrected chi connectivity index (χ2v) is 5.45. The molecule has 1 unspecified atom stereocenters. The predicted octanol–water partition coefficient (Wildman–Crippen LogP) is 3.36. The van der Waals surface area contributed by atoms with Crippen molar-refractivity contribution in [2.24, 2.45) is 0 Å². The van der Waals surface area contributed by atoms with Gasteiger partial charge in [0, 0.05) is 0 Å². The summed E-state index contributed by atoms with van der Waals surface area (Å²) in [6.07, 6.45) is 1.84. The summed E-state index contributed by atoms with van der Waals surface area (Å²) >= 11 is 1.45. The lowest BCUT2D eigenvalue weighted by atomic mass is 9.98. The van der Waals surface area contributed by atoms with Crippen LogP contribution in [0.25, 0.3) is 0 Å². The minimum atomic E-state index is 0.205. The first-order valence-electron chi connectivity index (χ1n) is 6.33. The number of nitrogens with one attached hydrogen (secondary N) is 1. The quantitative estimate of drug-likeness (QED) is 0.897. The van der Waals surface area contributed by atoms with Gasteiger partial charge in [-0.05, 0) is 35.1 Å². The topological polar surface area (TPSA) is 37.8 Å². The average Bonchev–Trinajstić information content (AvgIpc) is 2.90. The molecule has 2 aromatic rings. The largest absolute Gasteiger partial charge is 0.306 e. The van der Waals surface area contributed by atoms with E-state index in [1.165, 1.54) is 22.7 Å². The maximum atomic E-state index is 3.95. The number of nitrogens with zero attached hydrogens (tertiary/aromatic N) is 2. The van der Waals surface area contributed by atoms with Gasteiger partial charge in [-0.1, -0.05) is 49.5 Å². The zero-order valence-electron chi connectivity index (χ0n) is 11.1. The van der Waals surface area contributed by atoms with Gasteiger partial charge in [-0.15, -0.1) is 5.10 Å². The molecule has 1 aromatic carbocycles. The van der Waals surface area contributed by atoms with Gasteiger partial charge in [0.2, 0.25) is 0 Å². The number of hydrogen-bond acceptors (Lipinski definition) is 4. The van der Waals surface area contributed by atoms with E-state index < -0.39 is 0 Å². The third-order valence-corrected chi connectivity index (χ3v) is 3.74. The molecule has 2 rings (SSSR count). The molecular weight excluding hydrogens is 242 g/mol. The van der Waals surface area contributed by atoms with Crippen LogP contribution in [0.4, 0.5) is 0 Å². The minimum absolute atomic E-state index is 0.205. The lowest BCUT2D eigenvalue weighted by Crippen LogP contribution is -2.21. The number of benzene rings is 1. The summed E-state index contributed by atoms with van der Waals surface area (Å²) in [4.78, 5) is 1.16. The van der Waals surface area contributed by atoms with Crippen LogP contribution >= 0.6 is 11.5 Å². The van der Waals surface area contributed by atoms with E-state index in [9.17, 15) is 0 Å². The number of aromatic nitrogens is 2. The van der Waals surface area contributed by atoms with Gasteiger partial charge in [0.05, 0.1) is 17.1 Å². The summed E-state index contributed by atoms with van der Waals surface area (Å²) in [5.74, 6) is 0.571. The molecule has 0 saturated heterocycles. The first-order valence-corrected chi connectivity index (χ1v) is 7.10. The SMILES string of the molecule is CCNC(c1ccc(C(C)C)cc1)c1cnns1. The van der Waals surface area contributed by atoms with Crippen LogP contribution in [0.2, 0.25) is 0 Å². The Kier molecular flexibility index (Phi) is 4.44. The number of hydrogen-bond donors (Lipinski definition) is 1. The molecule has 96 valence electrons. The van der Waals surface area contributed by atoms with Gasteiger partial charge in [0.15, 0.2) is 0 Å². The molecule has 0 amide bonds. The highest BCUT2D eigenvalue weighted by molar-refractivity contribution is 7.05. The van der Waals surface area contributed by atoms with Crippen molar-refractivity contribution in [3.05, 3.63) is 46.5 Å². The van der Waals surface area contributed by atoms with Crippen LogP contribution in [-0.4, -0.2) is 16.1 Å². The summed E-state index contributed by atoms with van der Waals surface area (Å²) in [5.41, 5.74) is 2.64. The van der Waals surface area contributed by atoms with Crippen LogP contribution in [0.3, 0.4) is 0 Å². The van der Waals surface area contributed by atoms with Gasteiger partial charge < -0.3 is 5.32 Å². The molecule has 0 aliphatic carbocycles. The number of rotatable bonds is 5. The Morgan fingerprint density at radius 1 is 1.17 bits per heavy atom. The highest BCUT2D eigenvalue weighted by Gasteiger charge is 2.15. The van der Waals surface area contributed by atoms with Gasteiger partial charge in [-0.25, -0.2) is 0 Å². The van der Waals surface area contributed by atoms with E-state index >= 15 is 0 Å². The maximum absolute atomic E-state index is 3.95. The highest BCUT2D eigenvalue weighted by atomic mass is 32.1. The molecule has 3 nitrogen and oxygen atoms in total. The van der Waals surface area contributed by atoms with Crippen LogP contribution < -0.4 is 5.32 Å². The Hall–Kier alpha value is -1.26. The summed E-state index contributed by atoms with van der Waals surface area (Å²) in [5, 5.41) is 7.41. The third kappa shape index (κ3) is 2.94. The second-order valence-electron chi connectivity index (χ2n) is 4.63. The van der Waals surface area contributed by atoms with E-state index in [1.807, 2.05) is 6.20 Å². The van der Waals surface area contributed by atoms with E-state index in [0.717, 1.165) is 11.4 Å². The third-order valence-electron chi connectivity index (χ3n) is 3.01. The fraction of sp³-hybridized carbons (Fsp3) is 0.429. The molecule has 1 N–H and O–H groups in total. The fourth-order valence-electron chi connectivity index (χ4n) is 1.96. The van der Waals surface area contributed by atoms with Crippen molar-refractivity contribution >= 4 is 11.5 Å². The first-order chi connectivity index (χ1) is 8.72. The Morgan fingerprint density at radius 3 is 2.33 bits per heavy atom. The average molecular weight is 261 g/mol. The van der Waals surface area contributed by atoms with E-state index in [1.54, 1.807) is 0 Å². The van der Waals surface area contributed by atoms with Gasteiger partial charge in [0.1, 0.15) is 0 Å². The molecule has 0 aliphatic rings. The predicted molar refractivity (Wildman–Crippen MR) is 76.0 cm³/mol. The summed E-state index contributed by atoms with van der Waals surface area (Å²) in [7, 11) is 0. The molecule has 4 heteroatoms. The summed E-state index contributed by atoms with van der Waals surface area (Å²) < 4.78 is 3.95. The van der Waals surface area contributed by atoms with Gasteiger partial charge in [0.25, 0.3) is 0 Å². The summed E-state index contributed by atoms with van der Waals surface area (Å²) in [6, 6.07) is 9.01. The lowest BCUT2D eigenvalue weighted by molar-refractivity contribution is 0.638. The smallest absolute Gasteiger partial charge is 0.0703 e. The van der Waals surface area contributed by atoms with E-state index in [2.05, 4.69) is 59.9 Å². The van der Waals surface area contributed by atoms with Crippen molar-refractivity contribution in [1.29, 1.82) is 0 Å². The molecule has 0 radical (unpaired) electrons. The molecular formula is C14H19N3S. The van der Waals surface area contributed by atoms with Crippen molar-refractivity contribution in [3.63, 3.8) is 0 Å². The van der Waals surface area contributed by atoms with Crippen LogP contribution in [-0.2, 0) is 0 Å². The Morgan fingerprint density at radius 2 is 1.83 bits per heavy atom. The second kappa shape index (κ2) is 6.07. The van der Waals surface area contributed by atoms with Gasteiger partial charge >= 0.3 is 0 Å². The van der Waals surface area contributed by atoms with Crippen LogP contribution in [0.5, 0.6) is 0 Å². The van der Waals surface area contributed by atoms with Gasteiger partial charge in [-0.2, -0.15) is 0 Å². The maximum Gasteiger partial charge on any atom is 0.0703 e. The monoisotopic (exact) mass is 261 g/mol. The van der Waals surface area contributed by atoms with Crippen molar-refractivity contribution in [3.8, 4) is 0 Å². The molecule has 0 saturated carbocycles. The molecule has 1 heterocycles. The lowest BCUT2D eigenvalue weighted by Gasteiger charge is -2.17. The van der Waals surface area contributed by atoms with Crippen LogP contribution in [0.15, 0.2) is 30.5 Å². The zero-order valence-corrected chi connectivity index (χ0v) is 11.9. The molecule has 1 atom stereocenters. The molecule has 0 bridgehead atoms. The van der Waals surface area contributed by atoms with Crippen molar-refractivity contribution in [2.75, 3.05) is 6.54 Å². The van der Waals surface area contributed by atoms with Gasteiger partial charge in [-0.3, -0.25) is 0 Å². The molecule has 0 spiro atoms. The Balaban J connectivity index is 2.26. The van der Waals surface area contributed by atoms with E-state index in [4.69, 9.17) is 0 Å². The summed E-state index contributed by atoms with van der Waals surface area (Å²) in [6.45, 7) is 7.46. The van der Waals surface area contributed by atoms with Crippen molar-refractivity contribution < 1.29 is 0 Å². The molecule has 1 aromatic heterocycles. The van der Waals surface area contributed by atoms with E-state index in [0.29, 0.717) is 5.92 Å².